The van der Waals surface area contributed by atoms with Gasteiger partial charge in [0, 0.05) is 26.3 Å². The number of methoxy groups -OCH3 is 1. The monoisotopic (exact) mass is 282 g/mol. The number of hydrogen-bond donors (Lipinski definition) is 0. The minimum absolute atomic E-state index is 0.0560. The average Bonchev–Trinajstić information content (AvgIpc) is 2.48. The van der Waals surface area contributed by atoms with Crippen LogP contribution in [-0.2, 0) is 14.3 Å². The van der Waals surface area contributed by atoms with Gasteiger partial charge in [0.1, 0.15) is 12.1 Å². The molecule has 3 atom stereocenters. The molecule has 0 N–H and O–H groups in total. The lowest BCUT2D eigenvalue weighted by atomic mass is 9.93. The normalized spacial score (nSPS) is 28.6. The number of amides is 2. The Balaban J connectivity index is 2.19. The molecule has 0 spiro atoms. The van der Waals surface area contributed by atoms with Gasteiger partial charge in [-0.3, -0.25) is 9.59 Å². The average molecular weight is 282 g/mol. The molecule has 20 heavy (non-hydrogen) atoms. The van der Waals surface area contributed by atoms with Gasteiger partial charge < -0.3 is 14.5 Å². The van der Waals surface area contributed by atoms with Gasteiger partial charge in [-0.1, -0.05) is 6.92 Å². The molecule has 0 aliphatic carbocycles. The van der Waals surface area contributed by atoms with E-state index in [4.69, 9.17) is 4.74 Å². The number of hydrogen-bond acceptors (Lipinski definition) is 3. The Kier molecular flexibility index (Phi) is 5.02. The fourth-order valence-electron chi connectivity index (χ4n) is 3.41. The van der Waals surface area contributed by atoms with Crippen molar-refractivity contribution in [1.82, 2.24) is 9.80 Å². The first-order valence-corrected chi connectivity index (χ1v) is 7.73. The van der Waals surface area contributed by atoms with Crippen molar-refractivity contribution in [1.29, 1.82) is 0 Å². The Morgan fingerprint density at radius 1 is 1.30 bits per heavy atom. The van der Waals surface area contributed by atoms with Crippen LogP contribution in [0.2, 0.25) is 0 Å². The first-order chi connectivity index (χ1) is 9.61. The van der Waals surface area contributed by atoms with Gasteiger partial charge >= 0.3 is 0 Å². The SMILES string of the molecule is CCC1C(=O)N2CCCCC2C(=O)N1C(C)CCOC. The van der Waals surface area contributed by atoms with Crippen LogP contribution in [0.1, 0.15) is 46.0 Å². The van der Waals surface area contributed by atoms with Crippen molar-refractivity contribution >= 4 is 11.8 Å². The number of rotatable bonds is 5. The third-order valence-corrected chi connectivity index (χ3v) is 4.55. The molecular weight excluding hydrogens is 256 g/mol. The number of nitrogens with zero attached hydrogens (tertiary/aromatic N) is 2. The number of piperidine rings is 1. The van der Waals surface area contributed by atoms with E-state index in [1.807, 2.05) is 23.6 Å². The first-order valence-electron chi connectivity index (χ1n) is 7.73. The Bertz CT molecular complexity index is 372. The van der Waals surface area contributed by atoms with E-state index in [0.717, 1.165) is 32.2 Å². The molecule has 0 aromatic carbocycles. The standard InChI is InChI=1S/C15H26N2O3/c1-4-12-14(18)16-9-6-5-7-13(16)15(19)17(12)11(2)8-10-20-3/h11-13H,4-10H2,1-3H3. The van der Waals surface area contributed by atoms with Gasteiger partial charge in [0.05, 0.1) is 0 Å². The van der Waals surface area contributed by atoms with E-state index in [1.54, 1.807) is 7.11 Å². The summed E-state index contributed by atoms with van der Waals surface area (Å²) in [7, 11) is 1.66. The fourth-order valence-corrected chi connectivity index (χ4v) is 3.41. The second-order valence-electron chi connectivity index (χ2n) is 5.84. The first kappa shape index (κ1) is 15.3. The van der Waals surface area contributed by atoms with E-state index >= 15 is 0 Å². The third kappa shape index (κ3) is 2.68. The van der Waals surface area contributed by atoms with Gasteiger partial charge in [-0.25, -0.2) is 0 Å². The van der Waals surface area contributed by atoms with Crippen LogP contribution < -0.4 is 0 Å². The van der Waals surface area contributed by atoms with Gasteiger partial charge in [-0.15, -0.1) is 0 Å². The van der Waals surface area contributed by atoms with Crippen LogP contribution in [0.5, 0.6) is 0 Å². The highest BCUT2D eigenvalue weighted by molar-refractivity contribution is 5.97. The van der Waals surface area contributed by atoms with Crippen molar-refractivity contribution in [2.45, 2.75) is 64.1 Å². The molecule has 2 aliphatic rings. The summed E-state index contributed by atoms with van der Waals surface area (Å²) < 4.78 is 5.11. The van der Waals surface area contributed by atoms with E-state index in [0.29, 0.717) is 13.0 Å². The Labute approximate surface area is 121 Å². The Morgan fingerprint density at radius 2 is 2.05 bits per heavy atom. The number of fused-ring (bicyclic) bond motifs is 1. The second kappa shape index (κ2) is 6.57. The lowest BCUT2D eigenvalue weighted by Gasteiger charge is -2.48. The number of carbonyl (C=O) groups excluding carboxylic acids is 2. The summed E-state index contributed by atoms with van der Waals surface area (Å²) in [6.45, 7) is 5.36. The second-order valence-corrected chi connectivity index (χ2v) is 5.84. The predicted molar refractivity (Wildman–Crippen MR) is 76.2 cm³/mol. The molecule has 2 fully saturated rings. The molecule has 2 heterocycles. The summed E-state index contributed by atoms with van der Waals surface area (Å²) in [4.78, 5) is 29.0. The molecule has 5 heteroatoms. The largest absolute Gasteiger partial charge is 0.385 e. The summed E-state index contributed by atoms with van der Waals surface area (Å²) in [5.41, 5.74) is 0. The zero-order valence-corrected chi connectivity index (χ0v) is 12.8. The smallest absolute Gasteiger partial charge is 0.246 e. The van der Waals surface area contributed by atoms with Gasteiger partial charge in [-0.2, -0.15) is 0 Å². The Hall–Kier alpha value is -1.10. The maximum absolute atomic E-state index is 12.8. The summed E-state index contributed by atoms with van der Waals surface area (Å²) >= 11 is 0. The lowest BCUT2D eigenvalue weighted by Crippen LogP contribution is -2.67. The molecule has 3 unspecified atom stereocenters. The van der Waals surface area contributed by atoms with Gasteiger partial charge in [0.25, 0.3) is 0 Å². The van der Waals surface area contributed by atoms with Crippen LogP contribution in [0.4, 0.5) is 0 Å². The zero-order valence-electron chi connectivity index (χ0n) is 12.8. The molecule has 2 saturated heterocycles. The lowest BCUT2D eigenvalue weighted by molar-refractivity contribution is -0.166. The van der Waals surface area contributed by atoms with Crippen LogP contribution in [0.15, 0.2) is 0 Å². The number of ether oxygens (including phenoxy) is 1. The zero-order chi connectivity index (χ0) is 14.7. The molecule has 0 bridgehead atoms. The van der Waals surface area contributed by atoms with Crippen molar-refractivity contribution in [3.8, 4) is 0 Å². The summed E-state index contributed by atoms with van der Waals surface area (Å²) in [5.74, 6) is 0.279. The maximum atomic E-state index is 12.8. The van der Waals surface area contributed by atoms with Crippen molar-refractivity contribution in [3.05, 3.63) is 0 Å². The van der Waals surface area contributed by atoms with Crippen LogP contribution >= 0.6 is 0 Å². The van der Waals surface area contributed by atoms with Crippen LogP contribution in [0.3, 0.4) is 0 Å². The van der Waals surface area contributed by atoms with Crippen molar-refractivity contribution in [2.75, 3.05) is 20.3 Å². The molecular formula is C15H26N2O3. The molecule has 2 amide bonds. The molecule has 0 saturated carbocycles. The van der Waals surface area contributed by atoms with E-state index in [-0.39, 0.29) is 29.9 Å². The highest BCUT2D eigenvalue weighted by Crippen LogP contribution is 2.29. The highest BCUT2D eigenvalue weighted by Gasteiger charge is 2.47. The predicted octanol–water partition coefficient (Wildman–Crippen LogP) is 1.41. The van der Waals surface area contributed by atoms with E-state index in [9.17, 15) is 9.59 Å². The number of carbonyl (C=O) groups is 2. The topological polar surface area (TPSA) is 49.9 Å². The van der Waals surface area contributed by atoms with E-state index in [1.165, 1.54) is 0 Å². The maximum Gasteiger partial charge on any atom is 0.246 e. The van der Waals surface area contributed by atoms with Crippen molar-refractivity contribution in [2.24, 2.45) is 0 Å². The van der Waals surface area contributed by atoms with Crippen molar-refractivity contribution in [3.63, 3.8) is 0 Å². The minimum Gasteiger partial charge on any atom is -0.385 e. The summed E-state index contributed by atoms with van der Waals surface area (Å²) in [6.07, 6.45) is 4.33. The molecule has 0 radical (unpaired) electrons. The summed E-state index contributed by atoms with van der Waals surface area (Å²) in [6, 6.07) is -0.451. The quantitative estimate of drug-likeness (QED) is 0.766. The van der Waals surface area contributed by atoms with Gasteiger partial charge in [-0.05, 0) is 39.0 Å². The molecule has 5 nitrogen and oxygen atoms in total. The molecule has 2 rings (SSSR count). The van der Waals surface area contributed by atoms with Crippen LogP contribution in [0, 0.1) is 0 Å². The van der Waals surface area contributed by atoms with Crippen LogP contribution in [-0.4, -0.2) is 60.0 Å². The highest BCUT2D eigenvalue weighted by atomic mass is 16.5. The van der Waals surface area contributed by atoms with E-state index in [2.05, 4.69) is 0 Å². The van der Waals surface area contributed by atoms with Crippen molar-refractivity contribution < 1.29 is 14.3 Å². The van der Waals surface area contributed by atoms with Gasteiger partial charge in [0.15, 0.2) is 0 Å². The van der Waals surface area contributed by atoms with E-state index < -0.39 is 0 Å². The molecule has 0 aromatic heterocycles. The molecule has 0 aromatic rings. The Morgan fingerprint density at radius 3 is 2.70 bits per heavy atom. The summed E-state index contributed by atoms with van der Waals surface area (Å²) in [5, 5.41) is 0. The van der Waals surface area contributed by atoms with Gasteiger partial charge in [0.2, 0.25) is 11.8 Å². The third-order valence-electron chi connectivity index (χ3n) is 4.55. The molecule has 2 aliphatic heterocycles. The van der Waals surface area contributed by atoms with Crippen LogP contribution in [0.25, 0.3) is 0 Å². The fraction of sp³-hybridized carbons (Fsp3) is 0.867. The molecule has 114 valence electrons. The number of piperazine rings is 1. The minimum atomic E-state index is -0.288.